The molecule has 0 amide bonds. The van der Waals surface area contributed by atoms with Crippen molar-refractivity contribution in [2.75, 3.05) is 39.5 Å². The molecule has 6 heteroatoms. The molecule has 0 aromatic carbocycles. The maximum Gasteiger partial charge on any atom is 0.157 e. The molecule has 0 saturated heterocycles. The van der Waals surface area contributed by atoms with Crippen LogP contribution in [0, 0.1) is 5.92 Å². The van der Waals surface area contributed by atoms with Gasteiger partial charge in [-0.25, -0.2) is 0 Å². The van der Waals surface area contributed by atoms with E-state index < -0.39 is 12.2 Å². The van der Waals surface area contributed by atoms with E-state index in [2.05, 4.69) is 27.7 Å². The summed E-state index contributed by atoms with van der Waals surface area (Å²) in [6, 6.07) is 0. The van der Waals surface area contributed by atoms with Crippen LogP contribution in [0.2, 0.25) is 0 Å². The second-order valence-electron chi connectivity index (χ2n) is 16.0. The summed E-state index contributed by atoms with van der Waals surface area (Å²) in [7, 11) is 0. The average Bonchev–Trinajstić information content (AvgIpc) is 3.11. The molecule has 3 N–H and O–H groups in total. The van der Waals surface area contributed by atoms with Crippen molar-refractivity contribution in [1.82, 2.24) is 4.90 Å². The van der Waals surface area contributed by atoms with Crippen molar-refractivity contribution in [2.24, 2.45) is 5.92 Å². The van der Waals surface area contributed by atoms with E-state index in [1.165, 1.54) is 148 Å². The van der Waals surface area contributed by atoms with Crippen molar-refractivity contribution in [2.45, 2.75) is 245 Å². The van der Waals surface area contributed by atoms with Crippen LogP contribution in [0.1, 0.15) is 227 Å². The zero-order chi connectivity index (χ0) is 37.5. The van der Waals surface area contributed by atoms with Gasteiger partial charge in [-0.2, -0.15) is 0 Å². The molecule has 0 bridgehead atoms. The van der Waals surface area contributed by atoms with Crippen molar-refractivity contribution in [3.63, 3.8) is 0 Å². The number of aliphatic hydroxyl groups is 3. The summed E-state index contributed by atoms with van der Waals surface area (Å²) in [5, 5.41) is 31.3. The smallest absolute Gasteiger partial charge is 0.157 e. The molecule has 0 saturated carbocycles. The number of aliphatic hydroxyl groups excluding tert-OH is 3. The Labute approximate surface area is 319 Å². The third-order valence-electron chi connectivity index (χ3n) is 10.8. The summed E-state index contributed by atoms with van der Waals surface area (Å²) < 4.78 is 12.4. The lowest BCUT2D eigenvalue weighted by molar-refractivity contribution is -0.148. The molecule has 0 aromatic heterocycles. The molecule has 0 rings (SSSR count). The highest BCUT2D eigenvalue weighted by Crippen LogP contribution is 2.24. The molecule has 1 unspecified atom stereocenters. The minimum Gasteiger partial charge on any atom is -0.395 e. The van der Waals surface area contributed by atoms with Crippen molar-refractivity contribution in [3.8, 4) is 0 Å². The highest BCUT2D eigenvalue weighted by Gasteiger charge is 2.17. The van der Waals surface area contributed by atoms with Crippen LogP contribution in [-0.2, 0) is 9.47 Å². The third kappa shape index (κ3) is 36.5. The van der Waals surface area contributed by atoms with Crippen LogP contribution < -0.4 is 0 Å². The third-order valence-corrected chi connectivity index (χ3v) is 10.8. The van der Waals surface area contributed by atoms with Gasteiger partial charge in [0.15, 0.2) is 6.29 Å². The van der Waals surface area contributed by atoms with Crippen LogP contribution in [0.4, 0.5) is 0 Å². The fourth-order valence-electron chi connectivity index (χ4n) is 7.42. The summed E-state index contributed by atoms with van der Waals surface area (Å²) in [6.45, 7) is 12.2. The molecule has 0 spiro atoms. The topological polar surface area (TPSA) is 82.4 Å². The number of nitrogens with zero attached hydrogens (tertiary/aromatic N) is 1. The van der Waals surface area contributed by atoms with E-state index >= 15 is 0 Å². The highest BCUT2D eigenvalue weighted by atomic mass is 16.7. The molecule has 0 aliphatic carbocycles. The first-order valence-corrected chi connectivity index (χ1v) is 22.9. The van der Waals surface area contributed by atoms with E-state index in [1.54, 1.807) is 0 Å². The number of ether oxygens (including phenoxy) is 2. The van der Waals surface area contributed by atoms with Gasteiger partial charge in [-0.3, -0.25) is 4.90 Å². The normalized spacial score (nSPS) is 13.3. The van der Waals surface area contributed by atoms with Crippen molar-refractivity contribution >= 4 is 0 Å². The molecule has 0 heterocycles. The van der Waals surface area contributed by atoms with Crippen molar-refractivity contribution in [1.29, 1.82) is 0 Å². The standard InChI is InChI=1S/C45H93NO5/c1-5-9-13-15-20-28-38-50-45(51-39-29-21-16-14-10-6-2)35-27-26-34-44(49)41-46(36-37-47)40-43(48)33-25-19-17-18-24-32-42(30-22-11-7-3)31-23-12-8-4/h42-45,47-49H,5-41H2,1-4H3/t43-,44?/m0/s1. The monoisotopic (exact) mass is 728 g/mol. The number of hydrogen-bond acceptors (Lipinski definition) is 6. The number of rotatable bonds is 43. The molecule has 51 heavy (non-hydrogen) atoms. The fourth-order valence-corrected chi connectivity index (χ4v) is 7.42. The van der Waals surface area contributed by atoms with Gasteiger partial charge in [-0.15, -0.1) is 0 Å². The Morgan fingerprint density at radius 2 is 0.745 bits per heavy atom. The molecule has 308 valence electrons. The molecule has 2 atom stereocenters. The predicted molar refractivity (Wildman–Crippen MR) is 221 cm³/mol. The second-order valence-corrected chi connectivity index (χ2v) is 16.0. The quantitative estimate of drug-likeness (QED) is 0.0428. The van der Waals surface area contributed by atoms with Crippen LogP contribution >= 0.6 is 0 Å². The average molecular weight is 728 g/mol. The molecule has 0 radical (unpaired) electrons. The Hall–Kier alpha value is -0.240. The molecule has 0 aliphatic heterocycles. The van der Waals surface area contributed by atoms with E-state index in [9.17, 15) is 15.3 Å². The van der Waals surface area contributed by atoms with Crippen LogP contribution in [0.3, 0.4) is 0 Å². The minimum absolute atomic E-state index is 0.0465. The van der Waals surface area contributed by atoms with Gasteiger partial charge in [0, 0.05) is 32.8 Å². The molecule has 0 aromatic rings. The van der Waals surface area contributed by atoms with Gasteiger partial charge in [0.05, 0.1) is 18.8 Å². The van der Waals surface area contributed by atoms with Crippen LogP contribution in [-0.4, -0.2) is 78.2 Å². The first-order valence-electron chi connectivity index (χ1n) is 22.9. The van der Waals surface area contributed by atoms with Crippen molar-refractivity contribution in [3.05, 3.63) is 0 Å². The summed E-state index contributed by atoms with van der Waals surface area (Å²) in [4.78, 5) is 2.04. The first kappa shape index (κ1) is 50.8. The van der Waals surface area contributed by atoms with Crippen LogP contribution in [0.5, 0.6) is 0 Å². The summed E-state index contributed by atoms with van der Waals surface area (Å²) >= 11 is 0. The van der Waals surface area contributed by atoms with E-state index in [-0.39, 0.29) is 12.9 Å². The van der Waals surface area contributed by atoms with Crippen molar-refractivity contribution < 1.29 is 24.8 Å². The SMILES string of the molecule is CCCCCCCCOC(CCCCC(O)CN(CCO)C[C@@H](O)CCCCCCCC(CCCCC)CCCCC)OCCCCCCCC. The Morgan fingerprint density at radius 1 is 0.412 bits per heavy atom. The lowest BCUT2D eigenvalue weighted by Gasteiger charge is -2.27. The lowest BCUT2D eigenvalue weighted by Crippen LogP contribution is -2.39. The van der Waals surface area contributed by atoms with E-state index in [4.69, 9.17) is 9.47 Å². The van der Waals surface area contributed by atoms with E-state index in [0.29, 0.717) is 19.6 Å². The van der Waals surface area contributed by atoms with E-state index in [1.807, 2.05) is 4.90 Å². The van der Waals surface area contributed by atoms with Gasteiger partial charge in [0.1, 0.15) is 0 Å². The summed E-state index contributed by atoms with van der Waals surface area (Å²) in [6.07, 6.45) is 37.0. The lowest BCUT2D eigenvalue weighted by atomic mass is 9.90. The van der Waals surface area contributed by atoms with Gasteiger partial charge in [0.25, 0.3) is 0 Å². The Balaban J connectivity index is 4.33. The van der Waals surface area contributed by atoms with Gasteiger partial charge in [0.2, 0.25) is 0 Å². The Bertz CT molecular complexity index is 624. The van der Waals surface area contributed by atoms with E-state index in [0.717, 1.165) is 70.5 Å². The van der Waals surface area contributed by atoms with Gasteiger partial charge < -0.3 is 24.8 Å². The summed E-state index contributed by atoms with van der Waals surface area (Å²) in [5.74, 6) is 0.928. The zero-order valence-corrected chi connectivity index (χ0v) is 35.1. The Kier molecular flexibility index (Phi) is 40.7. The molecular formula is C45H93NO5. The minimum atomic E-state index is -0.456. The Morgan fingerprint density at radius 3 is 1.20 bits per heavy atom. The fraction of sp³-hybridized carbons (Fsp3) is 1.00. The zero-order valence-electron chi connectivity index (χ0n) is 35.1. The van der Waals surface area contributed by atoms with Crippen LogP contribution in [0.25, 0.3) is 0 Å². The highest BCUT2D eigenvalue weighted by molar-refractivity contribution is 4.70. The molecule has 0 fully saturated rings. The molecule has 6 nitrogen and oxygen atoms in total. The van der Waals surface area contributed by atoms with Gasteiger partial charge >= 0.3 is 0 Å². The largest absolute Gasteiger partial charge is 0.395 e. The van der Waals surface area contributed by atoms with Gasteiger partial charge in [-0.1, -0.05) is 188 Å². The first-order chi connectivity index (χ1) is 25.0. The second kappa shape index (κ2) is 40.9. The predicted octanol–water partition coefficient (Wildman–Crippen LogP) is 12.2. The molecular weight excluding hydrogens is 634 g/mol. The van der Waals surface area contributed by atoms with Crippen LogP contribution in [0.15, 0.2) is 0 Å². The summed E-state index contributed by atoms with van der Waals surface area (Å²) in [5.41, 5.74) is 0. The molecule has 0 aliphatic rings. The van der Waals surface area contributed by atoms with Gasteiger partial charge in [-0.05, 0) is 44.4 Å². The number of unbranched alkanes of at least 4 members (excludes halogenated alkanes) is 19. The maximum atomic E-state index is 10.8. The number of hydrogen-bond donors (Lipinski definition) is 3. The maximum absolute atomic E-state index is 10.8.